The lowest BCUT2D eigenvalue weighted by atomic mass is 9.82. The minimum absolute atomic E-state index is 0.205. The molecule has 342 valence electrons. The minimum Gasteiger partial charge on any atom is -0.465 e. The minimum atomic E-state index is -0.805. The number of hydrogen-bond acceptors (Lipinski definition) is 8. The summed E-state index contributed by atoms with van der Waals surface area (Å²) in [4.78, 5) is 37.9. The van der Waals surface area contributed by atoms with E-state index in [0.29, 0.717) is 25.7 Å². The molecule has 0 unspecified atom stereocenters. The fourth-order valence-corrected chi connectivity index (χ4v) is 8.67. The van der Waals surface area contributed by atoms with Crippen molar-refractivity contribution in [2.24, 2.45) is 10.8 Å². The van der Waals surface area contributed by atoms with E-state index in [4.69, 9.17) is 19.4 Å². The number of pyridine rings is 2. The van der Waals surface area contributed by atoms with Crippen LogP contribution in [-0.2, 0) is 44.7 Å². The second kappa shape index (κ2) is 19.5. The first-order valence-corrected chi connectivity index (χ1v) is 23.2. The van der Waals surface area contributed by atoms with Gasteiger partial charge in [-0.2, -0.15) is 0 Å². The first-order chi connectivity index (χ1) is 31.3. The highest BCUT2D eigenvalue weighted by molar-refractivity contribution is 5.99. The molecule has 8 heteroatoms. The molecule has 2 N–H and O–H groups in total. The highest BCUT2D eigenvalue weighted by Crippen LogP contribution is 2.39. The number of nitrogens with zero attached hydrogens (tertiary/aromatic N) is 2. The van der Waals surface area contributed by atoms with E-state index in [-0.39, 0.29) is 36.2 Å². The molecular weight excluding hydrogens is 817 g/mol. The summed E-state index contributed by atoms with van der Waals surface area (Å²) in [6.07, 6.45) is 1.93. The number of ether oxygens (including phenoxy) is 2. The Hall–Kier alpha value is -6.54. The fraction of sp³-hybridized carbons (Fsp3) is 0.345. The Balaban J connectivity index is 1.02. The van der Waals surface area contributed by atoms with Crippen LogP contribution in [0.2, 0.25) is 0 Å². The maximum atomic E-state index is 13.9. The quantitative estimate of drug-likeness (QED) is 0.0925. The molecule has 0 amide bonds. The van der Waals surface area contributed by atoms with Gasteiger partial charge >= 0.3 is 11.9 Å². The molecule has 7 rings (SSSR count). The van der Waals surface area contributed by atoms with Crippen molar-refractivity contribution < 1.29 is 19.1 Å². The fourth-order valence-electron chi connectivity index (χ4n) is 8.67. The lowest BCUT2D eigenvalue weighted by Crippen LogP contribution is -2.31. The standard InChI is InChI=1S/C58H66N4O4/c1-55(2,3)61-51-45(49(41-24-13-11-14-25-41)43-28-17-19-30-47(43)59-51)32-34-65-53(63)57(7,8)37-39-22-21-23-40(36-39)38-58(9,10)54(64)66-35-33-46-50(42-26-15-12-16-27-42)44-29-18-20-31-48(44)60-52(46)62-56(4,5)6/h11-31,36H,32-35,37-38H2,1-10H3,(H,59,61)(H,60,62). The second-order valence-corrected chi connectivity index (χ2v) is 20.9. The van der Waals surface area contributed by atoms with E-state index in [0.717, 1.165) is 77.9 Å². The Morgan fingerprint density at radius 2 is 0.833 bits per heavy atom. The molecule has 0 fully saturated rings. The van der Waals surface area contributed by atoms with E-state index in [1.54, 1.807) is 0 Å². The predicted molar refractivity (Wildman–Crippen MR) is 272 cm³/mol. The molecule has 0 aliphatic carbocycles. The molecule has 0 spiro atoms. The molecule has 0 aliphatic heterocycles. The van der Waals surface area contributed by atoms with E-state index in [2.05, 4.69) is 94.6 Å². The molecule has 0 saturated heterocycles. The number of nitrogens with one attached hydrogen (secondary N) is 2. The highest BCUT2D eigenvalue weighted by atomic mass is 16.5. The molecule has 2 heterocycles. The highest BCUT2D eigenvalue weighted by Gasteiger charge is 2.33. The number of carbonyl (C=O) groups is 2. The van der Waals surface area contributed by atoms with Crippen LogP contribution in [-0.4, -0.2) is 46.2 Å². The number of esters is 2. The van der Waals surface area contributed by atoms with Crippen molar-refractivity contribution in [2.75, 3.05) is 23.8 Å². The molecular formula is C58H66N4O4. The Morgan fingerprint density at radius 1 is 0.470 bits per heavy atom. The van der Waals surface area contributed by atoms with Gasteiger partial charge in [0.2, 0.25) is 0 Å². The third kappa shape index (κ3) is 11.6. The summed E-state index contributed by atoms with van der Waals surface area (Å²) in [6, 6.07) is 45.2. The second-order valence-electron chi connectivity index (χ2n) is 20.9. The lowest BCUT2D eigenvalue weighted by Gasteiger charge is -2.27. The molecule has 0 radical (unpaired) electrons. The van der Waals surface area contributed by atoms with Crippen molar-refractivity contribution in [1.82, 2.24) is 9.97 Å². The zero-order chi connectivity index (χ0) is 47.3. The van der Waals surface area contributed by atoms with Crippen LogP contribution in [0.1, 0.15) is 91.5 Å². The molecule has 8 nitrogen and oxygen atoms in total. The summed E-state index contributed by atoms with van der Waals surface area (Å²) < 4.78 is 12.2. The van der Waals surface area contributed by atoms with Crippen molar-refractivity contribution in [3.05, 3.63) is 156 Å². The van der Waals surface area contributed by atoms with Crippen molar-refractivity contribution >= 4 is 45.4 Å². The third-order valence-corrected chi connectivity index (χ3v) is 11.7. The van der Waals surface area contributed by atoms with Crippen LogP contribution in [0, 0.1) is 10.8 Å². The van der Waals surface area contributed by atoms with Crippen LogP contribution >= 0.6 is 0 Å². The normalized spacial score (nSPS) is 12.3. The summed E-state index contributed by atoms with van der Waals surface area (Å²) >= 11 is 0. The van der Waals surface area contributed by atoms with Crippen LogP contribution in [0.5, 0.6) is 0 Å². The van der Waals surface area contributed by atoms with Crippen molar-refractivity contribution in [3.8, 4) is 22.3 Å². The van der Waals surface area contributed by atoms with Crippen LogP contribution in [0.15, 0.2) is 133 Å². The Morgan fingerprint density at radius 3 is 1.21 bits per heavy atom. The number of aromatic nitrogens is 2. The molecule has 7 aromatic rings. The molecule has 0 saturated carbocycles. The maximum absolute atomic E-state index is 13.9. The van der Waals surface area contributed by atoms with Gasteiger partial charge in [-0.25, -0.2) is 9.97 Å². The topological polar surface area (TPSA) is 102 Å². The van der Waals surface area contributed by atoms with E-state index in [9.17, 15) is 9.59 Å². The largest absolute Gasteiger partial charge is 0.465 e. The van der Waals surface area contributed by atoms with Gasteiger partial charge in [0.25, 0.3) is 0 Å². The monoisotopic (exact) mass is 883 g/mol. The van der Waals surface area contributed by atoms with Crippen molar-refractivity contribution in [3.63, 3.8) is 0 Å². The number of rotatable bonds is 16. The first kappa shape index (κ1) is 47.4. The lowest BCUT2D eigenvalue weighted by molar-refractivity contribution is -0.154. The zero-order valence-corrected chi connectivity index (χ0v) is 40.5. The SMILES string of the molecule is CC(C)(C)Nc1nc2ccccc2c(-c2ccccc2)c1CCOC(=O)C(C)(C)Cc1cccc(CC(C)(C)C(=O)OCCc2c(NC(C)(C)C)nc3ccccc3c2-c2ccccc2)c1. The van der Waals surface area contributed by atoms with Crippen LogP contribution in [0.3, 0.4) is 0 Å². The molecule has 2 aromatic heterocycles. The summed E-state index contributed by atoms with van der Waals surface area (Å²) in [6.45, 7) is 20.9. The van der Waals surface area contributed by atoms with Gasteiger partial charge in [0, 0.05) is 45.8 Å². The molecule has 0 atom stereocenters. The van der Waals surface area contributed by atoms with Crippen molar-refractivity contribution in [1.29, 1.82) is 0 Å². The predicted octanol–water partition coefficient (Wildman–Crippen LogP) is 13.2. The summed E-state index contributed by atoms with van der Waals surface area (Å²) in [5.41, 5.74) is 8.10. The van der Waals surface area contributed by atoms with E-state index < -0.39 is 10.8 Å². The average molecular weight is 883 g/mol. The Labute approximate surface area is 391 Å². The molecule has 0 aliphatic rings. The molecule has 0 bridgehead atoms. The van der Waals surface area contributed by atoms with Crippen LogP contribution < -0.4 is 10.6 Å². The first-order valence-electron chi connectivity index (χ1n) is 23.2. The molecule has 66 heavy (non-hydrogen) atoms. The van der Waals surface area contributed by atoms with Gasteiger partial charge in [-0.05, 0) is 128 Å². The maximum Gasteiger partial charge on any atom is 0.311 e. The summed E-state index contributed by atoms with van der Waals surface area (Å²) in [5.74, 6) is 1.05. The van der Waals surface area contributed by atoms with Crippen LogP contribution in [0.25, 0.3) is 44.1 Å². The Bertz CT molecular complexity index is 2630. The van der Waals surface area contributed by atoms with Gasteiger partial charge in [0.05, 0.1) is 35.1 Å². The van der Waals surface area contributed by atoms with Crippen LogP contribution in [0.4, 0.5) is 11.6 Å². The smallest absolute Gasteiger partial charge is 0.311 e. The summed E-state index contributed by atoms with van der Waals surface area (Å²) in [5, 5.41) is 9.38. The van der Waals surface area contributed by atoms with Gasteiger partial charge in [0.15, 0.2) is 0 Å². The van der Waals surface area contributed by atoms with Gasteiger partial charge in [-0.15, -0.1) is 0 Å². The molecule has 5 aromatic carbocycles. The zero-order valence-electron chi connectivity index (χ0n) is 40.5. The number of fused-ring (bicyclic) bond motifs is 2. The number of benzene rings is 5. The van der Waals surface area contributed by atoms with Gasteiger partial charge in [-0.3, -0.25) is 9.59 Å². The number of para-hydroxylation sites is 2. The van der Waals surface area contributed by atoms with Gasteiger partial charge in [-0.1, -0.05) is 121 Å². The van der Waals surface area contributed by atoms with Gasteiger partial charge < -0.3 is 20.1 Å². The van der Waals surface area contributed by atoms with Gasteiger partial charge in [0.1, 0.15) is 11.6 Å². The van der Waals surface area contributed by atoms with Crippen molar-refractivity contribution in [2.45, 2.75) is 106 Å². The number of hydrogen-bond donors (Lipinski definition) is 2. The summed E-state index contributed by atoms with van der Waals surface area (Å²) in [7, 11) is 0. The Kier molecular flexibility index (Phi) is 14.0. The van der Waals surface area contributed by atoms with E-state index in [1.807, 2.05) is 119 Å². The average Bonchev–Trinajstić information content (AvgIpc) is 3.25. The number of carbonyl (C=O) groups excluding carboxylic acids is 2. The van der Waals surface area contributed by atoms with E-state index >= 15 is 0 Å². The third-order valence-electron chi connectivity index (χ3n) is 11.7. The number of anilines is 2. The van der Waals surface area contributed by atoms with E-state index in [1.165, 1.54) is 0 Å².